The van der Waals surface area contributed by atoms with Gasteiger partial charge in [-0.25, -0.2) is 4.39 Å². The summed E-state index contributed by atoms with van der Waals surface area (Å²) in [7, 11) is 0. The molecule has 3 fully saturated rings. The molecule has 1 aromatic rings. The first-order valence-electron chi connectivity index (χ1n) is 10.9. The van der Waals surface area contributed by atoms with Crippen LogP contribution in [0.4, 0.5) is 4.39 Å². The van der Waals surface area contributed by atoms with E-state index < -0.39 is 0 Å². The van der Waals surface area contributed by atoms with Gasteiger partial charge in [-0.05, 0) is 75.0 Å². The Hall–Kier alpha value is -1.95. The number of carbonyl (C=O) groups excluding carboxylic acids is 2. The highest BCUT2D eigenvalue weighted by molar-refractivity contribution is 5.94. The van der Waals surface area contributed by atoms with Crippen LogP contribution >= 0.6 is 0 Å². The molecule has 0 atom stereocenters. The topological polar surface area (TPSA) is 60.9 Å². The van der Waals surface area contributed by atoms with Gasteiger partial charge in [0.05, 0.1) is 6.10 Å². The number of hydrogen-bond donors (Lipinski definition) is 1. The van der Waals surface area contributed by atoms with Gasteiger partial charge >= 0.3 is 0 Å². The lowest BCUT2D eigenvalue weighted by Crippen LogP contribution is -2.55. The van der Waals surface area contributed by atoms with Crippen LogP contribution in [0.5, 0.6) is 0 Å². The second kappa shape index (κ2) is 8.05. The van der Waals surface area contributed by atoms with E-state index in [1.807, 2.05) is 4.90 Å². The molecule has 0 radical (unpaired) electrons. The summed E-state index contributed by atoms with van der Waals surface area (Å²) < 4.78 is 13.8. The average molecular weight is 403 g/mol. The van der Waals surface area contributed by atoms with Crippen molar-refractivity contribution in [3.8, 4) is 0 Å². The number of piperidine rings is 2. The van der Waals surface area contributed by atoms with Crippen LogP contribution < -0.4 is 0 Å². The summed E-state index contributed by atoms with van der Waals surface area (Å²) in [5, 5.41) is 9.78. The summed E-state index contributed by atoms with van der Waals surface area (Å²) in [6.45, 7) is 3.77. The summed E-state index contributed by atoms with van der Waals surface area (Å²) >= 11 is 0. The van der Waals surface area contributed by atoms with Crippen molar-refractivity contribution in [3.05, 3.63) is 35.1 Å². The smallest absolute Gasteiger partial charge is 0.253 e. The van der Waals surface area contributed by atoms with Crippen molar-refractivity contribution >= 4 is 11.8 Å². The van der Waals surface area contributed by atoms with Crippen LogP contribution in [0.25, 0.3) is 0 Å². The Balaban J connectivity index is 1.39. The van der Waals surface area contributed by atoms with Crippen molar-refractivity contribution in [3.63, 3.8) is 0 Å². The second-order valence-electron chi connectivity index (χ2n) is 9.24. The van der Waals surface area contributed by atoms with Crippen molar-refractivity contribution in [2.24, 2.45) is 5.41 Å². The van der Waals surface area contributed by atoms with Crippen molar-refractivity contribution in [2.45, 2.75) is 70.4 Å². The SMILES string of the molecule is Cc1ccc(C(=O)N2CCC3(CCC(=O)N(C4CCC(O)CC4)C3)CC2)cc1F. The maximum atomic E-state index is 13.8. The van der Waals surface area contributed by atoms with Gasteiger partial charge in [-0.1, -0.05) is 6.07 Å². The van der Waals surface area contributed by atoms with Crippen LogP contribution in [0.1, 0.15) is 67.3 Å². The molecule has 0 unspecified atom stereocenters. The maximum Gasteiger partial charge on any atom is 0.253 e. The Labute approximate surface area is 171 Å². The Morgan fingerprint density at radius 1 is 1.14 bits per heavy atom. The van der Waals surface area contributed by atoms with Gasteiger partial charge in [-0.15, -0.1) is 0 Å². The number of rotatable bonds is 2. The minimum Gasteiger partial charge on any atom is -0.393 e. The number of aliphatic hydroxyl groups is 1. The molecule has 158 valence electrons. The van der Waals surface area contributed by atoms with Gasteiger partial charge in [-0.2, -0.15) is 0 Å². The van der Waals surface area contributed by atoms with E-state index in [0.29, 0.717) is 30.6 Å². The van der Waals surface area contributed by atoms with E-state index in [1.165, 1.54) is 6.07 Å². The number of aliphatic hydroxyl groups excluding tert-OH is 1. The molecule has 0 bridgehead atoms. The van der Waals surface area contributed by atoms with E-state index >= 15 is 0 Å². The van der Waals surface area contributed by atoms with E-state index in [0.717, 1.165) is 51.5 Å². The van der Waals surface area contributed by atoms with Crippen LogP contribution in [0.2, 0.25) is 0 Å². The zero-order valence-corrected chi connectivity index (χ0v) is 17.2. The first kappa shape index (κ1) is 20.3. The zero-order chi connectivity index (χ0) is 20.6. The molecule has 3 aliphatic rings. The summed E-state index contributed by atoms with van der Waals surface area (Å²) in [6, 6.07) is 4.93. The Morgan fingerprint density at radius 2 is 1.83 bits per heavy atom. The molecule has 5 nitrogen and oxygen atoms in total. The predicted molar refractivity (Wildman–Crippen MR) is 108 cm³/mol. The summed E-state index contributed by atoms with van der Waals surface area (Å²) in [5.41, 5.74) is 1.03. The highest BCUT2D eigenvalue weighted by atomic mass is 19.1. The highest BCUT2D eigenvalue weighted by Gasteiger charge is 2.44. The van der Waals surface area contributed by atoms with E-state index in [-0.39, 0.29) is 35.2 Å². The summed E-state index contributed by atoms with van der Waals surface area (Å²) in [5.74, 6) is -0.210. The molecule has 2 saturated heterocycles. The standard InChI is InChI=1S/C23H31FN2O3/c1-16-2-3-17(14-20(16)24)22(29)25-12-10-23(11-13-25)9-8-21(28)26(15-23)18-4-6-19(27)7-5-18/h2-3,14,18-19,27H,4-13,15H2,1H3. The average Bonchev–Trinajstić information content (AvgIpc) is 2.73. The number of likely N-dealkylation sites (tertiary alicyclic amines) is 2. The van der Waals surface area contributed by atoms with E-state index in [1.54, 1.807) is 19.1 Å². The molecule has 1 spiro atoms. The normalized spacial score (nSPS) is 27.3. The first-order valence-corrected chi connectivity index (χ1v) is 10.9. The van der Waals surface area contributed by atoms with Crippen molar-refractivity contribution in [1.82, 2.24) is 9.80 Å². The Bertz CT molecular complexity index is 780. The third kappa shape index (κ3) is 4.18. The van der Waals surface area contributed by atoms with Crippen molar-refractivity contribution < 1.29 is 19.1 Å². The van der Waals surface area contributed by atoms with Gasteiger partial charge in [0.2, 0.25) is 5.91 Å². The summed E-state index contributed by atoms with van der Waals surface area (Å²) in [4.78, 5) is 29.3. The molecule has 2 amide bonds. The lowest BCUT2D eigenvalue weighted by Gasteiger charge is -2.50. The number of halogens is 1. The third-order valence-corrected chi connectivity index (χ3v) is 7.33. The van der Waals surface area contributed by atoms with Crippen LogP contribution in [0.15, 0.2) is 18.2 Å². The molecule has 1 aliphatic carbocycles. The monoisotopic (exact) mass is 402 g/mol. The fourth-order valence-corrected chi connectivity index (χ4v) is 5.25. The Kier molecular flexibility index (Phi) is 5.65. The number of carbonyl (C=O) groups is 2. The predicted octanol–water partition coefficient (Wildman–Crippen LogP) is 3.28. The molecule has 29 heavy (non-hydrogen) atoms. The zero-order valence-electron chi connectivity index (χ0n) is 17.2. The van der Waals surface area contributed by atoms with Crippen molar-refractivity contribution in [1.29, 1.82) is 0 Å². The van der Waals surface area contributed by atoms with Gasteiger partial charge < -0.3 is 14.9 Å². The number of nitrogens with zero attached hydrogens (tertiary/aromatic N) is 2. The quantitative estimate of drug-likeness (QED) is 0.826. The molecule has 2 heterocycles. The van der Waals surface area contributed by atoms with Crippen molar-refractivity contribution in [2.75, 3.05) is 19.6 Å². The minimum absolute atomic E-state index is 0.0826. The van der Waals surface area contributed by atoms with Gasteiger partial charge in [0, 0.05) is 37.7 Å². The number of amides is 2. The molecule has 4 rings (SSSR count). The Morgan fingerprint density at radius 3 is 2.48 bits per heavy atom. The third-order valence-electron chi connectivity index (χ3n) is 7.33. The fraction of sp³-hybridized carbons (Fsp3) is 0.652. The molecule has 0 aromatic heterocycles. The highest BCUT2D eigenvalue weighted by Crippen LogP contribution is 2.42. The van der Waals surface area contributed by atoms with Gasteiger partial charge in [-0.3, -0.25) is 9.59 Å². The first-order chi connectivity index (χ1) is 13.9. The van der Waals surface area contributed by atoms with Gasteiger partial charge in [0.25, 0.3) is 5.91 Å². The van der Waals surface area contributed by atoms with Crippen LogP contribution in [-0.4, -0.2) is 58.5 Å². The lowest BCUT2D eigenvalue weighted by molar-refractivity contribution is -0.143. The minimum atomic E-state index is -0.344. The number of benzene rings is 1. The van der Waals surface area contributed by atoms with Gasteiger partial charge in [0.15, 0.2) is 0 Å². The largest absolute Gasteiger partial charge is 0.393 e. The molecule has 1 N–H and O–H groups in total. The molecule has 1 aromatic carbocycles. The van der Waals surface area contributed by atoms with Crippen LogP contribution in [0.3, 0.4) is 0 Å². The lowest BCUT2D eigenvalue weighted by atomic mass is 9.71. The van der Waals surface area contributed by atoms with Crippen LogP contribution in [-0.2, 0) is 4.79 Å². The second-order valence-corrected chi connectivity index (χ2v) is 9.24. The molecular weight excluding hydrogens is 371 g/mol. The summed E-state index contributed by atoms with van der Waals surface area (Å²) in [6.07, 6.45) is 6.32. The number of aryl methyl sites for hydroxylation is 1. The van der Waals surface area contributed by atoms with Crippen LogP contribution in [0, 0.1) is 18.2 Å². The van der Waals surface area contributed by atoms with E-state index in [9.17, 15) is 19.1 Å². The fourth-order valence-electron chi connectivity index (χ4n) is 5.25. The molecule has 6 heteroatoms. The van der Waals surface area contributed by atoms with E-state index in [4.69, 9.17) is 0 Å². The van der Waals surface area contributed by atoms with Gasteiger partial charge in [0.1, 0.15) is 5.82 Å². The molecule has 1 saturated carbocycles. The van der Waals surface area contributed by atoms with E-state index in [2.05, 4.69) is 4.90 Å². The molecular formula is C23H31FN2O3. The number of hydrogen-bond acceptors (Lipinski definition) is 3. The molecule has 2 aliphatic heterocycles. The maximum absolute atomic E-state index is 13.8.